The first-order valence-electron chi connectivity index (χ1n) is 5.80. The zero-order chi connectivity index (χ0) is 10.1. The molecule has 0 aromatic carbocycles. The third-order valence-corrected chi connectivity index (χ3v) is 4.51. The summed E-state index contributed by atoms with van der Waals surface area (Å²) in [6, 6.07) is 4.30. The van der Waals surface area contributed by atoms with E-state index in [4.69, 9.17) is 4.74 Å². The summed E-state index contributed by atoms with van der Waals surface area (Å²) < 4.78 is 6.33. The summed E-state index contributed by atoms with van der Waals surface area (Å²) in [6.07, 6.45) is 5.43. The molecule has 1 spiro atoms. The lowest BCUT2D eigenvalue weighted by atomic mass is 9.99. The van der Waals surface area contributed by atoms with E-state index >= 15 is 0 Å². The van der Waals surface area contributed by atoms with Crippen molar-refractivity contribution >= 4 is 11.3 Å². The van der Waals surface area contributed by atoms with Gasteiger partial charge in [-0.25, -0.2) is 0 Å². The number of morpholine rings is 1. The van der Waals surface area contributed by atoms with Gasteiger partial charge in [-0.2, -0.15) is 0 Å². The number of rotatable bonds is 1. The molecular formula is C12H17NOS. The van der Waals surface area contributed by atoms with E-state index in [1.54, 1.807) is 11.3 Å². The van der Waals surface area contributed by atoms with E-state index in [-0.39, 0.29) is 11.7 Å². The first kappa shape index (κ1) is 9.82. The van der Waals surface area contributed by atoms with Crippen LogP contribution in [0, 0.1) is 0 Å². The number of thiophene rings is 1. The summed E-state index contributed by atoms with van der Waals surface area (Å²) in [5, 5.41) is 5.67. The lowest BCUT2D eigenvalue weighted by Gasteiger charge is -2.39. The van der Waals surface area contributed by atoms with Crippen LogP contribution >= 0.6 is 11.3 Å². The van der Waals surface area contributed by atoms with Crippen molar-refractivity contribution in [1.82, 2.24) is 5.32 Å². The smallest absolute Gasteiger partial charge is 0.105 e. The Morgan fingerprint density at radius 1 is 1.40 bits per heavy atom. The van der Waals surface area contributed by atoms with E-state index in [9.17, 15) is 0 Å². The molecule has 1 N–H and O–H groups in total. The van der Waals surface area contributed by atoms with Crippen LogP contribution in [0.5, 0.6) is 0 Å². The quantitative estimate of drug-likeness (QED) is 0.790. The Morgan fingerprint density at radius 3 is 3.00 bits per heavy atom. The molecule has 0 bridgehead atoms. The Hall–Kier alpha value is -0.380. The van der Waals surface area contributed by atoms with Crippen LogP contribution in [0.3, 0.4) is 0 Å². The minimum Gasteiger partial charge on any atom is -0.364 e. The normalized spacial score (nSPS) is 29.7. The summed E-state index contributed by atoms with van der Waals surface area (Å²) in [5.74, 6) is 0. The lowest BCUT2D eigenvalue weighted by Crippen LogP contribution is -2.48. The van der Waals surface area contributed by atoms with Crippen LogP contribution in [-0.4, -0.2) is 18.7 Å². The van der Waals surface area contributed by atoms with Crippen molar-refractivity contribution < 1.29 is 4.74 Å². The van der Waals surface area contributed by atoms with Crippen molar-refractivity contribution in [2.24, 2.45) is 0 Å². The van der Waals surface area contributed by atoms with Gasteiger partial charge in [-0.1, -0.05) is 18.9 Å². The van der Waals surface area contributed by atoms with Crippen LogP contribution in [0.2, 0.25) is 0 Å². The average molecular weight is 223 g/mol. The van der Waals surface area contributed by atoms with Crippen molar-refractivity contribution in [2.75, 3.05) is 13.1 Å². The van der Waals surface area contributed by atoms with Gasteiger partial charge in [0.25, 0.3) is 0 Å². The molecule has 1 atom stereocenters. The van der Waals surface area contributed by atoms with Gasteiger partial charge in [-0.3, -0.25) is 0 Å². The van der Waals surface area contributed by atoms with Gasteiger partial charge in [-0.15, -0.1) is 11.3 Å². The molecule has 3 heteroatoms. The van der Waals surface area contributed by atoms with Crippen LogP contribution < -0.4 is 5.32 Å². The highest BCUT2D eigenvalue weighted by Gasteiger charge is 2.40. The Bertz CT molecular complexity index is 316. The Labute approximate surface area is 94.6 Å². The molecule has 2 aliphatic rings. The SMILES string of the molecule is c1csc(C2CNCC3(CCCC3)O2)c1. The largest absolute Gasteiger partial charge is 0.364 e. The van der Waals surface area contributed by atoms with Gasteiger partial charge in [0, 0.05) is 18.0 Å². The second-order valence-corrected chi connectivity index (χ2v) is 5.62. The van der Waals surface area contributed by atoms with Gasteiger partial charge in [0.2, 0.25) is 0 Å². The molecule has 2 nitrogen and oxygen atoms in total. The zero-order valence-corrected chi connectivity index (χ0v) is 9.69. The second-order valence-electron chi connectivity index (χ2n) is 4.64. The average Bonchev–Trinajstić information content (AvgIpc) is 2.89. The van der Waals surface area contributed by atoms with E-state index in [0.29, 0.717) is 0 Å². The third kappa shape index (κ3) is 1.84. The van der Waals surface area contributed by atoms with Crippen molar-refractivity contribution in [3.8, 4) is 0 Å². The van der Waals surface area contributed by atoms with Gasteiger partial charge in [0.15, 0.2) is 0 Å². The van der Waals surface area contributed by atoms with Gasteiger partial charge < -0.3 is 10.1 Å². The molecule has 3 rings (SSSR count). The molecule has 82 valence electrons. The molecule has 1 unspecified atom stereocenters. The van der Waals surface area contributed by atoms with Crippen molar-refractivity contribution in [3.05, 3.63) is 22.4 Å². The van der Waals surface area contributed by atoms with Crippen LogP contribution in [0.25, 0.3) is 0 Å². The number of hydrogen-bond donors (Lipinski definition) is 1. The molecule has 0 radical (unpaired) electrons. The minimum atomic E-state index is 0.160. The monoisotopic (exact) mass is 223 g/mol. The molecule has 1 saturated heterocycles. The summed E-state index contributed by atoms with van der Waals surface area (Å²) in [6.45, 7) is 2.02. The van der Waals surface area contributed by atoms with Crippen molar-refractivity contribution in [2.45, 2.75) is 37.4 Å². The maximum atomic E-state index is 6.33. The molecule has 15 heavy (non-hydrogen) atoms. The van der Waals surface area contributed by atoms with E-state index in [1.807, 2.05) is 0 Å². The van der Waals surface area contributed by atoms with Gasteiger partial charge in [0.1, 0.15) is 6.10 Å². The zero-order valence-electron chi connectivity index (χ0n) is 8.87. The molecule has 0 amide bonds. The number of hydrogen-bond acceptors (Lipinski definition) is 3. The Balaban J connectivity index is 1.76. The maximum Gasteiger partial charge on any atom is 0.105 e. The molecule has 1 aromatic heterocycles. The van der Waals surface area contributed by atoms with E-state index < -0.39 is 0 Å². The predicted octanol–water partition coefficient (Wildman–Crippen LogP) is 2.72. The highest BCUT2D eigenvalue weighted by atomic mass is 32.1. The van der Waals surface area contributed by atoms with E-state index in [1.165, 1.54) is 30.6 Å². The van der Waals surface area contributed by atoms with Gasteiger partial charge in [-0.05, 0) is 24.3 Å². The van der Waals surface area contributed by atoms with Crippen LogP contribution in [0.15, 0.2) is 17.5 Å². The first-order chi connectivity index (χ1) is 7.38. The second kappa shape index (κ2) is 3.89. The van der Waals surface area contributed by atoms with Gasteiger partial charge in [0.05, 0.1) is 5.60 Å². The third-order valence-electron chi connectivity index (χ3n) is 3.54. The first-order valence-corrected chi connectivity index (χ1v) is 6.68. The molecule has 1 saturated carbocycles. The molecular weight excluding hydrogens is 206 g/mol. The van der Waals surface area contributed by atoms with E-state index in [2.05, 4.69) is 22.8 Å². The highest BCUT2D eigenvalue weighted by molar-refractivity contribution is 7.10. The van der Waals surface area contributed by atoms with Crippen LogP contribution in [0.1, 0.15) is 36.7 Å². The summed E-state index contributed by atoms with van der Waals surface area (Å²) in [4.78, 5) is 1.37. The van der Waals surface area contributed by atoms with Crippen LogP contribution in [-0.2, 0) is 4.74 Å². The Kier molecular flexibility index (Phi) is 2.54. The summed E-state index contributed by atoms with van der Waals surface area (Å²) in [5.41, 5.74) is 0.160. The molecule has 1 aromatic rings. The molecule has 1 aliphatic heterocycles. The molecule has 1 aliphatic carbocycles. The van der Waals surface area contributed by atoms with Crippen LogP contribution in [0.4, 0.5) is 0 Å². The molecule has 2 heterocycles. The summed E-state index contributed by atoms with van der Waals surface area (Å²) in [7, 11) is 0. The molecule has 2 fully saturated rings. The number of ether oxygens (including phenoxy) is 1. The van der Waals surface area contributed by atoms with Gasteiger partial charge >= 0.3 is 0 Å². The lowest BCUT2D eigenvalue weighted by molar-refractivity contribution is -0.113. The number of nitrogens with one attached hydrogen (secondary N) is 1. The fraction of sp³-hybridized carbons (Fsp3) is 0.667. The predicted molar refractivity (Wildman–Crippen MR) is 62.2 cm³/mol. The minimum absolute atomic E-state index is 0.160. The van der Waals surface area contributed by atoms with Crippen molar-refractivity contribution in [1.29, 1.82) is 0 Å². The maximum absolute atomic E-state index is 6.33. The standard InChI is InChI=1S/C12H17NOS/c1-2-6-12(5-1)9-13-8-10(14-12)11-4-3-7-15-11/h3-4,7,10,13H,1-2,5-6,8-9H2. The Morgan fingerprint density at radius 2 is 2.27 bits per heavy atom. The van der Waals surface area contributed by atoms with E-state index in [0.717, 1.165) is 13.1 Å². The fourth-order valence-electron chi connectivity index (χ4n) is 2.76. The topological polar surface area (TPSA) is 21.3 Å². The fourth-order valence-corrected chi connectivity index (χ4v) is 3.52. The summed E-state index contributed by atoms with van der Waals surface area (Å²) >= 11 is 1.81. The van der Waals surface area contributed by atoms with Crippen molar-refractivity contribution in [3.63, 3.8) is 0 Å². The highest BCUT2D eigenvalue weighted by Crippen LogP contribution is 2.39.